The van der Waals surface area contributed by atoms with Crippen LogP contribution in [0.5, 0.6) is 0 Å². The van der Waals surface area contributed by atoms with Crippen molar-refractivity contribution in [3.05, 3.63) is 89.2 Å². The summed E-state index contributed by atoms with van der Waals surface area (Å²) in [6.45, 7) is -0.992. The minimum atomic E-state index is -2.82. The summed E-state index contributed by atoms with van der Waals surface area (Å²) in [5.74, 6) is -0.672. The molecule has 3 aromatic rings. The van der Waals surface area contributed by atoms with Crippen molar-refractivity contribution in [2.45, 2.75) is 31.4 Å². The standard InChI is InChI=1S/C24H21F2N3O2/c1-15-11-12-19(29(15)23(25)26)21(30)28-14-13-24(20(28)16-7-3-2-4-8-16)17-9-5-6-10-18(17)27-22(24)31/h2-12,20,23H,13-14H2,1H3,(H,27,31)/t20-,24+/m0/s1. The van der Waals surface area contributed by atoms with Gasteiger partial charge in [-0.15, -0.1) is 0 Å². The molecule has 158 valence electrons. The average molecular weight is 421 g/mol. The number of para-hydroxylation sites is 1. The first-order valence-electron chi connectivity index (χ1n) is 10.2. The summed E-state index contributed by atoms with van der Waals surface area (Å²) in [4.78, 5) is 28.5. The Labute approximate surface area is 178 Å². The molecule has 5 rings (SSSR count). The Balaban J connectivity index is 1.67. The molecule has 0 bridgehead atoms. The zero-order valence-electron chi connectivity index (χ0n) is 16.9. The minimum Gasteiger partial charge on any atom is -0.329 e. The average Bonchev–Trinajstić information content (AvgIpc) is 3.43. The maximum Gasteiger partial charge on any atom is 0.319 e. The molecule has 2 aliphatic rings. The van der Waals surface area contributed by atoms with Crippen LogP contribution in [0.2, 0.25) is 0 Å². The van der Waals surface area contributed by atoms with E-state index in [9.17, 15) is 18.4 Å². The number of benzene rings is 2. The van der Waals surface area contributed by atoms with Gasteiger partial charge >= 0.3 is 6.55 Å². The van der Waals surface area contributed by atoms with Crippen molar-refractivity contribution in [2.24, 2.45) is 0 Å². The lowest BCUT2D eigenvalue weighted by Gasteiger charge is -2.34. The third kappa shape index (κ3) is 2.72. The number of carbonyl (C=O) groups excluding carboxylic acids is 2. The first kappa shape index (κ1) is 19.5. The van der Waals surface area contributed by atoms with Gasteiger partial charge in [0.2, 0.25) is 5.91 Å². The van der Waals surface area contributed by atoms with Gasteiger partial charge in [0.15, 0.2) is 0 Å². The monoisotopic (exact) mass is 421 g/mol. The summed E-state index contributed by atoms with van der Waals surface area (Å²) in [6, 6.07) is 19.2. The van der Waals surface area contributed by atoms with Crippen molar-refractivity contribution in [1.82, 2.24) is 9.47 Å². The van der Waals surface area contributed by atoms with Crippen molar-refractivity contribution >= 4 is 17.5 Å². The van der Waals surface area contributed by atoms with Crippen molar-refractivity contribution in [2.75, 3.05) is 11.9 Å². The fourth-order valence-corrected chi connectivity index (χ4v) is 5.13. The molecule has 2 aromatic carbocycles. The van der Waals surface area contributed by atoms with Crippen molar-refractivity contribution in [1.29, 1.82) is 0 Å². The van der Waals surface area contributed by atoms with Gasteiger partial charge in [-0.25, -0.2) is 0 Å². The number of nitrogens with zero attached hydrogens (tertiary/aromatic N) is 2. The highest BCUT2D eigenvalue weighted by molar-refractivity contribution is 6.08. The lowest BCUT2D eigenvalue weighted by Crippen LogP contribution is -2.43. The summed E-state index contributed by atoms with van der Waals surface area (Å²) in [5, 5.41) is 2.96. The van der Waals surface area contributed by atoms with E-state index in [0.29, 0.717) is 12.1 Å². The quantitative estimate of drug-likeness (QED) is 0.668. The zero-order valence-corrected chi connectivity index (χ0v) is 16.9. The molecule has 1 aromatic heterocycles. The molecule has 1 saturated heterocycles. The number of aryl methyl sites for hydroxylation is 1. The van der Waals surface area contributed by atoms with Crippen LogP contribution in [0.4, 0.5) is 14.5 Å². The number of halogens is 2. The molecule has 5 nitrogen and oxygen atoms in total. The summed E-state index contributed by atoms with van der Waals surface area (Å²) in [6.07, 6.45) is 0.412. The van der Waals surface area contributed by atoms with Gasteiger partial charge in [0, 0.05) is 17.9 Å². The molecular formula is C24H21F2N3O2. The molecule has 0 saturated carbocycles. The van der Waals surface area contributed by atoms with E-state index in [1.165, 1.54) is 12.1 Å². The Kier molecular flexibility index (Phi) is 4.43. The number of aromatic nitrogens is 1. The predicted octanol–water partition coefficient (Wildman–Crippen LogP) is 4.67. The second kappa shape index (κ2) is 7.04. The van der Waals surface area contributed by atoms with Gasteiger partial charge in [0.05, 0.1) is 6.04 Å². The van der Waals surface area contributed by atoms with E-state index < -0.39 is 23.9 Å². The predicted molar refractivity (Wildman–Crippen MR) is 112 cm³/mol. The van der Waals surface area contributed by atoms with Crippen LogP contribution in [0.1, 0.15) is 46.3 Å². The summed E-state index contributed by atoms with van der Waals surface area (Å²) >= 11 is 0. The van der Waals surface area contributed by atoms with E-state index in [4.69, 9.17) is 0 Å². The third-order valence-electron chi connectivity index (χ3n) is 6.50. The zero-order chi connectivity index (χ0) is 21.8. The molecule has 3 heterocycles. The second-order valence-corrected chi connectivity index (χ2v) is 8.04. The number of nitrogens with one attached hydrogen (secondary N) is 1. The molecule has 7 heteroatoms. The van der Waals surface area contributed by atoms with Crippen LogP contribution in [-0.2, 0) is 10.2 Å². The Morgan fingerprint density at radius 3 is 2.52 bits per heavy atom. The molecule has 31 heavy (non-hydrogen) atoms. The highest BCUT2D eigenvalue weighted by atomic mass is 19.3. The Morgan fingerprint density at radius 1 is 1.06 bits per heavy atom. The molecule has 1 fully saturated rings. The number of fused-ring (bicyclic) bond motifs is 2. The van der Waals surface area contributed by atoms with Crippen molar-refractivity contribution < 1.29 is 18.4 Å². The molecule has 1 N–H and O–H groups in total. The fraction of sp³-hybridized carbons (Fsp3) is 0.250. The van der Waals surface area contributed by atoms with Gasteiger partial charge in [-0.1, -0.05) is 48.5 Å². The third-order valence-corrected chi connectivity index (χ3v) is 6.50. The highest BCUT2D eigenvalue weighted by Gasteiger charge is 2.59. The number of hydrogen-bond acceptors (Lipinski definition) is 2. The SMILES string of the molecule is Cc1ccc(C(=O)N2CC[C@]3(C(=O)Nc4ccccc43)[C@@H]2c2ccccc2)n1C(F)F. The lowest BCUT2D eigenvalue weighted by molar-refractivity contribution is -0.121. The Bertz CT molecular complexity index is 1170. The van der Waals surface area contributed by atoms with Crippen LogP contribution in [0.15, 0.2) is 66.7 Å². The second-order valence-electron chi connectivity index (χ2n) is 8.04. The van der Waals surface area contributed by atoms with E-state index in [1.807, 2.05) is 54.6 Å². The van der Waals surface area contributed by atoms with Gasteiger partial charge in [0.25, 0.3) is 5.91 Å². The number of carbonyl (C=O) groups is 2. The molecule has 2 amide bonds. The van der Waals surface area contributed by atoms with Gasteiger partial charge in [-0.05, 0) is 42.7 Å². The molecule has 2 aliphatic heterocycles. The van der Waals surface area contributed by atoms with E-state index in [2.05, 4.69) is 5.32 Å². The summed E-state index contributed by atoms with van der Waals surface area (Å²) in [7, 11) is 0. The van der Waals surface area contributed by atoms with E-state index in [1.54, 1.807) is 11.8 Å². The molecular weight excluding hydrogens is 400 g/mol. The lowest BCUT2D eigenvalue weighted by atomic mass is 9.72. The van der Waals surface area contributed by atoms with Crippen LogP contribution in [0, 0.1) is 6.92 Å². The fourth-order valence-electron chi connectivity index (χ4n) is 5.13. The summed E-state index contributed by atoms with van der Waals surface area (Å²) in [5.41, 5.74) is 1.64. The highest BCUT2D eigenvalue weighted by Crippen LogP contribution is 2.55. The van der Waals surface area contributed by atoms with Crippen LogP contribution in [0.25, 0.3) is 0 Å². The number of rotatable bonds is 3. The van der Waals surface area contributed by atoms with Gasteiger partial charge in [-0.2, -0.15) is 8.78 Å². The number of anilines is 1. The first-order chi connectivity index (χ1) is 14.9. The largest absolute Gasteiger partial charge is 0.329 e. The normalized spacial score (nSPS) is 22.3. The van der Waals surface area contributed by atoms with Crippen molar-refractivity contribution in [3.63, 3.8) is 0 Å². The maximum atomic E-state index is 13.7. The smallest absolute Gasteiger partial charge is 0.319 e. The molecule has 0 aliphatic carbocycles. The Hall–Kier alpha value is -3.48. The Morgan fingerprint density at radius 2 is 1.77 bits per heavy atom. The van der Waals surface area contributed by atoms with Crippen LogP contribution in [0.3, 0.4) is 0 Å². The van der Waals surface area contributed by atoms with Crippen LogP contribution < -0.4 is 5.32 Å². The van der Waals surface area contributed by atoms with Crippen molar-refractivity contribution in [3.8, 4) is 0 Å². The molecule has 0 unspecified atom stereocenters. The molecule has 2 atom stereocenters. The maximum absolute atomic E-state index is 13.7. The summed E-state index contributed by atoms with van der Waals surface area (Å²) < 4.78 is 28.1. The van der Waals surface area contributed by atoms with Crippen LogP contribution >= 0.6 is 0 Å². The number of likely N-dealkylation sites (tertiary alicyclic amines) is 1. The topological polar surface area (TPSA) is 54.3 Å². The van der Waals surface area contributed by atoms with E-state index in [0.717, 1.165) is 21.4 Å². The van der Waals surface area contributed by atoms with Crippen LogP contribution in [-0.4, -0.2) is 27.8 Å². The molecule has 1 spiro atoms. The van der Waals surface area contributed by atoms with Gasteiger partial charge in [0.1, 0.15) is 11.1 Å². The van der Waals surface area contributed by atoms with Gasteiger partial charge < -0.3 is 10.2 Å². The molecule has 0 radical (unpaired) electrons. The number of alkyl halides is 2. The first-order valence-corrected chi connectivity index (χ1v) is 10.2. The minimum absolute atomic E-state index is 0.0721. The van der Waals surface area contributed by atoms with E-state index >= 15 is 0 Å². The number of hydrogen-bond donors (Lipinski definition) is 1. The van der Waals surface area contributed by atoms with E-state index in [-0.39, 0.29) is 18.1 Å². The number of amides is 2. The van der Waals surface area contributed by atoms with Gasteiger partial charge in [-0.3, -0.25) is 14.2 Å².